The molecular formula is C30H30O2. The molecule has 162 valence electrons. The summed E-state index contributed by atoms with van der Waals surface area (Å²) in [6.45, 7) is 9.53. The van der Waals surface area contributed by atoms with E-state index in [2.05, 4.69) is 88.1 Å². The molecule has 2 nitrogen and oxygen atoms in total. The van der Waals surface area contributed by atoms with Crippen LogP contribution in [0.25, 0.3) is 0 Å². The second-order valence-corrected chi connectivity index (χ2v) is 8.87. The Kier molecular flexibility index (Phi) is 6.97. The molecule has 0 heterocycles. The molecule has 0 spiro atoms. The third-order valence-electron chi connectivity index (χ3n) is 6.10. The molecule has 0 saturated carbocycles. The van der Waals surface area contributed by atoms with Crippen LogP contribution in [0.5, 0.6) is 11.5 Å². The summed E-state index contributed by atoms with van der Waals surface area (Å²) < 4.78 is 11.0. The van der Waals surface area contributed by atoms with Crippen LogP contribution in [-0.2, 0) is 10.8 Å². The first-order chi connectivity index (χ1) is 15.3. The summed E-state index contributed by atoms with van der Waals surface area (Å²) in [5, 5.41) is 0. The Bertz CT molecular complexity index is 1030. The van der Waals surface area contributed by atoms with Crippen molar-refractivity contribution in [2.75, 3.05) is 13.2 Å². The molecule has 0 fully saturated rings. The number of benzene rings is 3. The minimum Gasteiger partial charge on any atom is -0.481 e. The quantitative estimate of drug-likeness (QED) is 0.393. The van der Waals surface area contributed by atoms with Crippen LogP contribution >= 0.6 is 0 Å². The van der Waals surface area contributed by atoms with Crippen LogP contribution in [-0.4, -0.2) is 13.2 Å². The topological polar surface area (TPSA) is 18.5 Å². The minimum absolute atomic E-state index is 0.163. The van der Waals surface area contributed by atoms with Crippen LogP contribution < -0.4 is 9.47 Å². The number of rotatable bonds is 8. The van der Waals surface area contributed by atoms with Gasteiger partial charge in [0.05, 0.1) is 0 Å². The van der Waals surface area contributed by atoms with Gasteiger partial charge in [-0.2, -0.15) is 0 Å². The lowest BCUT2D eigenvalue weighted by molar-refractivity contribution is 0.370. The average Bonchev–Trinajstić information content (AvgIpc) is 2.82. The van der Waals surface area contributed by atoms with E-state index in [4.69, 9.17) is 22.3 Å². The van der Waals surface area contributed by atoms with Crippen molar-refractivity contribution in [3.8, 4) is 36.2 Å². The van der Waals surface area contributed by atoms with Crippen LogP contribution in [0.4, 0.5) is 0 Å². The molecular weight excluding hydrogens is 392 g/mol. The fourth-order valence-corrected chi connectivity index (χ4v) is 3.82. The highest BCUT2D eigenvalue weighted by Gasteiger charge is 2.27. The van der Waals surface area contributed by atoms with E-state index in [1.54, 1.807) is 0 Å². The zero-order chi connectivity index (χ0) is 23.2. The van der Waals surface area contributed by atoms with Gasteiger partial charge in [0.1, 0.15) is 24.7 Å². The van der Waals surface area contributed by atoms with E-state index in [-0.39, 0.29) is 24.0 Å². The van der Waals surface area contributed by atoms with Crippen molar-refractivity contribution in [1.82, 2.24) is 0 Å². The molecule has 0 aliphatic heterocycles. The maximum atomic E-state index is 5.52. The Labute approximate surface area is 192 Å². The minimum atomic E-state index is -0.163. The molecule has 0 amide bonds. The predicted octanol–water partition coefficient (Wildman–Crippen LogP) is 6.36. The molecule has 32 heavy (non-hydrogen) atoms. The average molecular weight is 423 g/mol. The molecule has 0 saturated heterocycles. The first-order valence-electron chi connectivity index (χ1n) is 10.7. The first-order valence-corrected chi connectivity index (χ1v) is 10.7. The maximum Gasteiger partial charge on any atom is 0.148 e. The van der Waals surface area contributed by atoms with Gasteiger partial charge in [-0.25, -0.2) is 0 Å². The van der Waals surface area contributed by atoms with Crippen molar-refractivity contribution in [2.24, 2.45) is 0 Å². The van der Waals surface area contributed by atoms with E-state index in [0.717, 1.165) is 11.5 Å². The highest BCUT2D eigenvalue weighted by molar-refractivity contribution is 5.46. The highest BCUT2D eigenvalue weighted by atomic mass is 16.5. The largest absolute Gasteiger partial charge is 0.481 e. The van der Waals surface area contributed by atoms with Crippen LogP contribution in [0.1, 0.15) is 49.9 Å². The third kappa shape index (κ3) is 4.99. The molecule has 0 aromatic heterocycles. The molecule has 0 atom stereocenters. The Balaban J connectivity index is 1.87. The predicted molar refractivity (Wildman–Crippen MR) is 132 cm³/mol. The lowest BCUT2D eigenvalue weighted by Gasteiger charge is -2.31. The fraction of sp³-hybridized carbons (Fsp3) is 0.267. The standard InChI is InChI=1S/C30H30O2/c1-7-20-31-27-16-12-23(13-17-27)29(3,4)25-10-9-11-26(22-25)30(5,6)24-14-18-28(19-15-24)32-21-8-2/h1-2,9-19,22H,20-21H2,3-6H3. The number of terminal acetylenes is 2. The summed E-state index contributed by atoms with van der Waals surface area (Å²) in [4.78, 5) is 0. The molecule has 0 bridgehead atoms. The van der Waals surface area contributed by atoms with Crippen molar-refractivity contribution in [1.29, 1.82) is 0 Å². The van der Waals surface area contributed by atoms with Gasteiger partial charge < -0.3 is 9.47 Å². The van der Waals surface area contributed by atoms with Crippen LogP contribution in [0.3, 0.4) is 0 Å². The molecule has 0 unspecified atom stereocenters. The Morgan fingerprint density at radius 2 is 0.969 bits per heavy atom. The van der Waals surface area contributed by atoms with Gasteiger partial charge >= 0.3 is 0 Å². The van der Waals surface area contributed by atoms with Crippen molar-refractivity contribution < 1.29 is 9.47 Å². The lowest BCUT2D eigenvalue weighted by atomic mass is 9.73. The Hall–Kier alpha value is -3.62. The molecule has 3 rings (SSSR count). The smallest absolute Gasteiger partial charge is 0.148 e. The maximum absolute atomic E-state index is 5.52. The normalized spacial score (nSPS) is 11.3. The van der Waals surface area contributed by atoms with E-state index in [9.17, 15) is 0 Å². The molecule has 0 aliphatic carbocycles. The first kappa shape index (κ1) is 23.1. The third-order valence-corrected chi connectivity index (χ3v) is 6.10. The van der Waals surface area contributed by atoms with Crippen molar-refractivity contribution in [3.63, 3.8) is 0 Å². The van der Waals surface area contributed by atoms with Crippen molar-refractivity contribution in [3.05, 3.63) is 95.1 Å². The Morgan fingerprint density at radius 1 is 0.594 bits per heavy atom. The van der Waals surface area contributed by atoms with E-state index >= 15 is 0 Å². The fourth-order valence-electron chi connectivity index (χ4n) is 3.82. The van der Waals surface area contributed by atoms with Gasteiger partial charge in [0.2, 0.25) is 0 Å². The zero-order valence-electron chi connectivity index (χ0n) is 19.3. The van der Waals surface area contributed by atoms with Gasteiger partial charge in [-0.05, 0) is 46.5 Å². The molecule has 0 aliphatic rings. The monoisotopic (exact) mass is 422 g/mol. The number of hydrogen-bond donors (Lipinski definition) is 0. The number of hydrogen-bond acceptors (Lipinski definition) is 2. The molecule has 0 radical (unpaired) electrons. The molecule has 3 aromatic rings. The van der Waals surface area contributed by atoms with Crippen LogP contribution in [0.2, 0.25) is 0 Å². The van der Waals surface area contributed by atoms with Gasteiger partial charge in [-0.1, -0.05) is 88.1 Å². The van der Waals surface area contributed by atoms with E-state index in [0.29, 0.717) is 0 Å². The summed E-state index contributed by atoms with van der Waals surface area (Å²) in [6.07, 6.45) is 10.6. The summed E-state index contributed by atoms with van der Waals surface area (Å²) >= 11 is 0. The van der Waals surface area contributed by atoms with Crippen molar-refractivity contribution in [2.45, 2.75) is 38.5 Å². The summed E-state index contributed by atoms with van der Waals surface area (Å²) in [5.74, 6) is 6.56. The van der Waals surface area contributed by atoms with Crippen molar-refractivity contribution >= 4 is 0 Å². The zero-order valence-corrected chi connectivity index (χ0v) is 19.3. The molecule has 0 N–H and O–H groups in total. The summed E-state index contributed by atoms with van der Waals surface area (Å²) in [6, 6.07) is 25.2. The van der Waals surface area contributed by atoms with Gasteiger partial charge in [0.15, 0.2) is 0 Å². The Morgan fingerprint density at radius 3 is 1.31 bits per heavy atom. The molecule has 3 aromatic carbocycles. The van der Waals surface area contributed by atoms with E-state index in [1.165, 1.54) is 22.3 Å². The highest BCUT2D eigenvalue weighted by Crippen LogP contribution is 2.37. The molecule has 2 heteroatoms. The lowest BCUT2D eigenvalue weighted by Crippen LogP contribution is -2.23. The van der Waals surface area contributed by atoms with Gasteiger partial charge in [0.25, 0.3) is 0 Å². The second-order valence-electron chi connectivity index (χ2n) is 8.87. The van der Waals surface area contributed by atoms with Crippen LogP contribution in [0.15, 0.2) is 72.8 Å². The summed E-state index contributed by atoms with van der Waals surface area (Å²) in [5.41, 5.74) is 4.63. The van der Waals surface area contributed by atoms with E-state index in [1.807, 2.05) is 24.3 Å². The number of ether oxygens (including phenoxy) is 2. The van der Waals surface area contributed by atoms with Crippen LogP contribution in [0, 0.1) is 24.7 Å². The summed E-state index contributed by atoms with van der Waals surface area (Å²) in [7, 11) is 0. The van der Waals surface area contributed by atoms with Gasteiger partial charge in [0, 0.05) is 10.8 Å². The second kappa shape index (κ2) is 9.67. The SMILES string of the molecule is C#CCOc1ccc(C(C)(C)c2cccc(C(C)(C)c3ccc(OCC#C)cc3)c2)cc1. The van der Waals surface area contributed by atoms with Gasteiger partial charge in [-0.3, -0.25) is 0 Å². The van der Waals surface area contributed by atoms with E-state index < -0.39 is 0 Å². The van der Waals surface area contributed by atoms with Gasteiger partial charge in [-0.15, -0.1) is 12.8 Å².